The lowest BCUT2D eigenvalue weighted by Crippen LogP contribution is -2.20. The van der Waals surface area contributed by atoms with Gasteiger partial charge in [-0.2, -0.15) is 13.2 Å². The second-order valence-corrected chi connectivity index (χ2v) is 3.61. The molecule has 1 rings (SSSR count). The van der Waals surface area contributed by atoms with Gasteiger partial charge in [-0.1, -0.05) is 18.2 Å². The Balaban J connectivity index is 2.73. The van der Waals surface area contributed by atoms with Gasteiger partial charge < -0.3 is 10.5 Å². The minimum absolute atomic E-state index is 0.347. The maximum Gasteiger partial charge on any atom is 0.430 e. The van der Waals surface area contributed by atoms with Gasteiger partial charge in [0.25, 0.3) is 0 Å². The molecule has 1 aromatic rings. The normalized spacial score (nSPS) is 12.7. The van der Waals surface area contributed by atoms with Crippen LogP contribution in [0.15, 0.2) is 42.1 Å². The number of halogens is 3. The van der Waals surface area contributed by atoms with Crippen LogP contribution in [0.25, 0.3) is 6.08 Å². The highest BCUT2D eigenvalue weighted by atomic mass is 19.4. The summed E-state index contributed by atoms with van der Waals surface area (Å²) in [5.41, 5.74) is 3.96. The van der Waals surface area contributed by atoms with E-state index in [1.165, 1.54) is 13.2 Å². The zero-order chi connectivity index (χ0) is 14.5. The van der Waals surface area contributed by atoms with Gasteiger partial charge in [0.15, 0.2) is 5.78 Å². The van der Waals surface area contributed by atoms with Crippen molar-refractivity contribution in [2.75, 3.05) is 7.11 Å². The second-order valence-electron chi connectivity index (χ2n) is 3.61. The summed E-state index contributed by atoms with van der Waals surface area (Å²) in [7, 11) is 1.51. The molecule has 6 heteroatoms. The van der Waals surface area contributed by atoms with Crippen LogP contribution in [0.2, 0.25) is 0 Å². The van der Waals surface area contributed by atoms with Crippen molar-refractivity contribution in [3.8, 4) is 5.75 Å². The Bertz CT molecular complexity index is 502. The summed E-state index contributed by atoms with van der Waals surface area (Å²) in [6, 6.07) is 6.67. The van der Waals surface area contributed by atoms with Crippen molar-refractivity contribution in [3.63, 3.8) is 0 Å². The third-order valence-electron chi connectivity index (χ3n) is 2.18. The summed E-state index contributed by atoms with van der Waals surface area (Å²) in [5, 5.41) is 0. The molecule has 0 unspecified atom stereocenters. The minimum Gasteiger partial charge on any atom is -0.497 e. The van der Waals surface area contributed by atoms with E-state index < -0.39 is 17.7 Å². The number of alkyl halides is 3. The molecule has 0 radical (unpaired) electrons. The van der Waals surface area contributed by atoms with Crippen LogP contribution >= 0.6 is 0 Å². The number of allylic oxidation sites excluding steroid dienone is 3. The number of benzene rings is 1. The van der Waals surface area contributed by atoms with Gasteiger partial charge in [-0.25, -0.2) is 0 Å². The molecule has 0 saturated heterocycles. The van der Waals surface area contributed by atoms with Crippen molar-refractivity contribution in [2.45, 2.75) is 6.18 Å². The van der Waals surface area contributed by atoms with Gasteiger partial charge in [0.05, 0.1) is 7.11 Å². The summed E-state index contributed by atoms with van der Waals surface area (Å²) >= 11 is 0. The zero-order valence-electron chi connectivity index (χ0n) is 10.1. The van der Waals surface area contributed by atoms with Gasteiger partial charge in [-0.05, 0) is 23.8 Å². The Labute approximate surface area is 108 Å². The molecule has 0 amide bonds. The number of methoxy groups -OCH3 is 1. The molecule has 102 valence electrons. The average molecular weight is 271 g/mol. The number of hydrogen-bond donors (Lipinski definition) is 1. The number of rotatable bonds is 4. The summed E-state index contributed by atoms with van der Waals surface area (Å²) in [5.74, 6) is -0.185. The molecule has 0 saturated carbocycles. The summed E-state index contributed by atoms with van der Waals surface area (Å²) < 4.78 is 41.2. The Morgan fingerprint density at radius 1 is 1.26 bits per heavy atom. The quantitative estimate of drug-likeness (QED) is 0.856. The standard InChI is InChI=1S/C13H12F3NO2/c1-19-11-6-3-9(4-7-11)2-5-10(18)8-12(17)13(14,15)16/h2-8H,17H2,1H3. The first-order valence-electron chi connectivity index (χ1n) is 5.23. The summed E-state index contributed by atoms with van der Waals surface area (Å²) in [6.07, 6.45) is -1.94. The molecule has 19 heavy (non-hydrogen) atoms. The molecule has 0 aliphatic heterocycles. The summed E-state index contributed by atoms with van der Waals surface area (Å²) in [4.78, 5) is 11.2. The van der Waals surface area contributed by atoms with Crippen LogP contribution < -0.4 is 10.5 Å². The van der Waals surface area contributed by atoms with Crippen molar-refractivity contribution in [1.82, 2.24) is 0 Å². The van der Waals surface area contributed by atoms with E-state index in [2.05, 4.69) is 0 Å². The topological polar surface area (TPSA) is 52.3 Å². The van der Waals surface area contributed by atoms with E-state index in [9.17, 15) is 18.0 Å². The maximum atomic E-state index is 12.1. The first kappa shape index (κ1) is 14.8. The van der Waals surface area contributed by atoms with Crippen molar-refractivity contribution < 1.29 is 22.7 Å². The molecular weight excluding hydrogens is 259 g/mol. The van der Waals surface area contributed by atoms with E-state index in [1.54, 1.807) is 24.3 Å². The van der Waals surface area contributed by atoms with Crippen molar-refractivity contribution >= 4 is 11.9 Å². The van der Waals surface area contributed by atoms with Crippen molar-refractivity contribution in [3.05, 3.63) is 47.7 Å². The molecule has 2 N–H and O–H groups in total. The van der Waals surface area contributed by atoms with E-state index in [-0.39, 0.29) is 0 Å². The summed E-state index contributed by atoms with van der Waals surface area (Å²) in [6.45, 7) is 0. The van der Waals surface area contributed by atoms with E-state index in [0.717, 1.165) is 6.08 Å². The lowest BCUT2D eigenvalue weighted by Gasteiger charge is -2.04. The van der Waals surface area contributed by atoms with Crippen molar-refractivity contribution in [2.24, 2.45) is 5.73 Å². The maximum absolute atomic E-state index is 12.1. The smallest absolute Gasteiger partial charge is 0.430 e. The molecule has 3 nitrogen and oxygen atoms in total. The molecule has 0 aliphatic carbocycles. The SMILES string of the molecule is COc1ccc(C=CC(=O)C=C(N)C(F)(F)F)cc1. The van der Waals surface area contributed by atoms with Crippen LogP contribution in [0.3, 0.4) is 0 Å². The lowest BCUT2D eigenvalue weighted by atomic mass is 10.2. The fraction of sp³-hybridized carbons (Fsp3) is 0.154. The monoisotopic (exact) mass is 271 g/mol. The van der Waals surface area contributed by atoms with Gasteiger partial charge in [0.1, 0.15) is 11.4 Å². The molecule has 0 atom stereocenters. The molecule has 0 heterocycles. The first-order chi connectivity index (χ1) is 8.82. The number of hydrogen-bond acceptors (Lipinski definition) is 3. The van der Waals surface area contributed by atoms with Crippen molar-refractivity contribution in [1.29, 1.82) is 0 Å². The molecular formula is C13H12F3NO2. The number of ether oxygens (including phenoxy) is 1. The Morgan fingerprint density at radius 2 is 1.84 bits per heavy atom. The van der Waals surface area contributed by atoms with Gasteiger partial charge in [0.2, 0.25) is 0 Å². The Morgan fingerprint density at radius 3 is 2.32 bits per heavy atom. The highest BCUT2D eigenvalue weighted by Gasteiger charge is 2.31. The Hall–Kier alpha value is -2.24. The fourth-order valence-corrected chi connectivity index (χ4v) is 1.18. The highest BCUT2D eigenvalue weighted by molar-refractivity contribution is 6.02. The molecule has 1 aromatic carbocycles. The van der Waals surface area contributed by atoms with E-state index in [4.69, 9.17) is 10.5 Å². The van der Waals surface area contributed by atoms with E-state index in [0.29, 0.717) is 17.4 Å². The van der Waals surface area contributed by atoms with E-state index >= 15 is 0 Å². The zero-order valence-corrected chi connectivity index (χ0v) is 10.1. The van der Waals surface area contributed by atoms with Gasteiger partial charge >= 0.3 is 6.18 Å². The van der Waals surface area contributed by atoms with Gasteiger partial charge in [-0.3, -0.25) is 4.79 Å². The molecule has 0 aliphatic rings. The lowest BCUT2D eigenvalue weighted by molar-refractivity contribution is -0.112. The third-order valence-corrected chi connectivity index (χ3v) is 2.18. The largest absolute Gasteiger partial charge is 0.497 e. The Kier molecular flexibility index (Phi) is 4.74. The van der Waals surface area contributed by atoms with Crippen LogP contribution in [0.5, 0.6) is 5.75 Å². The predicted molar refractivity (Wildman–Crippen MR) is 65.4 cm³/mol. The molecule has 0 spiro atoms. The number of nitrogens with two attached hydrogens (primary N) is 1. The van der Waals surface area contributed by atoms with E-state index in [1.807, 2.05) is 0 Å². The average Bonchev–Trinajstić information content (AvgIpc) is 2.35. The van der Waals surface area contributed by atoms with Crippen LogP contribution in [-0.2, 0) is 4.79 Å². The fourth-order valence-electron chi connectivity index (χ4n) is 1.18. The molecule has 0 bridgehead atoms. The minimum atomic E-state index is -4.69. The van der Waals surface area contributed by atoms with Gasteiger partial charge in [-0.15, -0.1) is 0 Å². The van der Waals surface area contributed by atoms with Crippen LogP contribution in [-0.4, -0.2) is 19.1 Å². The van der Waals surface area contributed by atoms with Crippen LogP contribution in [0.1, 0.15) is 5.56 Å². The van der Waals surface area contributed by atoms with Crippen LogP contribution in [0, 0.1) is 0 Å². The predicted octanol–water partition coefficient (Wildman–Crippen LogP) is 2.68. The number of carbonyl (C=O) groups is 1. The van der Waals surface area contributed by atoms with Gasteiger partial charge in [0, 0.05) is 6.08 Å². The number of carbonyl (C=O) groups excluding carboxylic acids is 1. The first-order valence-corrected chi connectivity index (χ1v) is 5.23. The van der Waals surface area contributed by atoms with Crippen LogP contribution in [0.4, 0.5) is 13.2 Å². The second kappa shape index (κ2) is 6.08. The number of ketones is 1. The molecule has 0 fully saturated rings. The third kappa shape index (κ3) is 4.87. The highest BCUT2D eigenvalue weighted by Crippen LogP contribution is 2.21. The molecule has 0 aromatic heterocycles.